The number of ether oxygens (including phenoxy) is 1. The van der Waals surface area contributed by atoms with E-state index in [1.807, 2.05) is 36.4 Å². The first-order chi connectivity index (χ1) is 16.5. The fourth-order valence-corrected chi connectivity index (χ4v) is 4.49. The number of amides is 1. The summed E-state index contributed by atoms with van der Waals surface area (Å²) in [4.78, 5) is 15.2. The van der Waals surface area contributed by atoms with Crippen molar-refractivity contribution in [2.24, 2.45) is 0 Å². The molecule has 5 rings (SSSR count). The number of rotatable bonds is 6. The van der Waals surface area contributed by atoms with Crippen LogP contribution in [0.2, 0.25) is 5.02 Å². The Morgan fingerprint density at radius 3 is 2.56 bits per heavy atom. The summed E-state index contributed by atoms with van der Waals surface area (Å²) in [6.07, 6.45) is 0.623. The Morgan fingerprint density at radius 2 is 1.85 bits per heavy atom. The molecule has 1 aliphatic rings. The van der Waals surface area contributed by atoms with Crippen molar-refractivity contribution in [3.8, 4) is 22.8 Å². The van der Waals surface area contributed by atoms with Gasteiger partial charge >= 0.3 is 0 Å². The summed E-state index contributed by atoms with van der Waals surface area (Å²) in [5, 5.41) is 18.1. The van der Waals surface area contributed by atoms with Crippen molar-refractivity contribution in [1.82, 2.24) is 15.1 Å². The maximum Gasteiger partial charge on any atom is 0.273 e. The fraction of sp³-hybridized carbons (Fsp3) is 0.154. The summed E-state index contributed by atoms with van der Waals surface area (Å²) in [6.45, 7) is 0.440. The molecule has 0 saturated carbocycles. The van der Waals surface area contributed by atoms with E-state index in [1.165, 1.54) is 18.2 Å². The van der Waals surface area contributed by atoms with E-state index in [0.717, 1.165) is 16.9 Å². The zero-order valence-electron chi connectivity index (χ0n) is 18.3. The molecule has 6 nitrogen and oxygen atoms in total. The molecule has 0 aliphatic carbocycles. The first-order valence-corrected chi connectivity index (χ1v) is 11.1. The van der Waals surface area contributed by atoms with Crippen molar-refractivity contribution in [3.63, 3.8) is 0 Å². The smallest absolute Gasteiger partial charge is 0.273 e. The van der Waals surface area contributed by atoms with Gasteiger partial charge in [0.25, 0.3) is 5.91 Å². The number of aromatic amines is 1. The van der Waals surface area contributed by atoms with Crippen molar-refractivity contribution in [2.45, 2.75) is 12.5 Å². The quantitative estimate of drug-likeness (QED) is 0.391. The van der Waals surface area contributed by atoms with Gasteiger partial charge in [-0.2, -0.15) is 5.10 Å². The average molecular weight is 478 g/mol. The Hall–Kier alpha value is -3.84. The number of halogens is 2. The van der Waals surface area contributed by atoms with E-state index in [-0.39, 0.29) is 17.2 Å². The molecule has 0 saturated heterocycles. The Balaban J connectivity index is 1.56. The molecule has 2 N–H and O–H groups in total. The van der Waals surface area contributed by atoms with E-state index in [9.17, 15) is 14.3 Å². The number of phenolic OH excluding ortho intramolecular Hbond substituents is 1. The molecule has 0 spiro atoms. The number of aromatic nitrogens is 2. The second kappa shape index (κ2) is 8.83. The summed E-state index contributed by atoms with van der Waals surface area (Å²) in [5.74, 6) is -0.0679. The number of hydrogen-bond acceptors (Lipinski definition) is 4. The summed E-state index contributed by atoms with van der Waals surface area (Å²) < 4.78 is 19.2. The summed E-state index contributed by atoms with van der Waals surface area (Å²) in [7, 11) is 1.62. The predicted octanol–water partition coefficient (Wildman–Crippen LogP) is 5.37. The van der Waals surface area contributed by atoms with Crippen LogP contribution in [0.15, 0.2) is 66.7 Å². The minimum absolute atomic E-state index is 0.116. The van der Waals surface area contributed by atoms with Gasteiger partial charge in [-0.05, 0) is 60.0 Å². The number of aromatic hydroxyl groups is 1. The van der Waals surface area contributed by atoms with E-state index < -0.39 is 11.9 Å². The molecule has 8 heteroatoms. The zero-order chi connectivity index (χ0) is 23.8. The molecule has 0 radical (unpaired) electrons. The van der Waals surface area contributed by atoms with Crippen LogP contribution in [-0.4, -0.2) is 39.8 Å². The average Bonchev–Trinajstić information content (AvgIpc) is 3.39. The third-order valence-electron chi connectivity index (χ3n) is 6.06. The largest absolute Gasteiger partial charge is 0.507 e. The van der Waals surface area contributed by atoms with Crippen LogP contribution < -0.4 is 4.74 Å². The van der Waals surface area contributed by atoms with E-state index >= 15 is 0 Å². The highest BCUT2D eigenvalue weighted by Crippen LogP contribution is 2.44. The highest BCUT2D eigenvalue weighted by atomic mass is 35.5. The Morgan fingerprint density at radius 1 is 1.12 bits per heavy atom. The van der Waals surface area contributed by atoms with Gasteiger partial charge in [0.05, 0.1) is 13.2 Å². The molecule has 0 fully saturated rings. The lowest BCUT2D eigenvalue weighted by Crippen LogP contribution is -2.31. The van der Waals surface area contributed by atoms with Gasteiger partial charge in [-0.15, -0.1) is 0 Å². The second-order valence-corrected chi connectivity index (χ2v) is 8.51. The van der Waals surface area contributed by atoms with Crippen LogP contribution in [0.1, 0.15) is 33.2 Å². The molecule has 3 aromatic carbocycles. The molecule has 1 amide bonds. The highest BCUT2D eigenvalue weighted by molar-refractivity contribution is 6.30. The van der Waals surface area contributed by atoms with Gasteiger partial charge in [0, 0.05) is 22.7 Å². The summed E-state index contributed by atoms with van der Waals surface area (Å²) >= 11 is 6.11. The number of H-pyrrole nitrogens is 1. The standard InChI is InChI=1S/C26H21ClFN3O3/c1-34-19-9-2-15(3-10-19)12-13-31-25(16-4-6-17(27)7-5-16)22-23(29-30-24(22)26(31)33)20-14-18(28)8-11-21(20)32/h2-11,14,25,32H,12-13H2,1H3,(H,29,30). The summed E-state index contributed by atoms with van der Waals surface area (Å²) in [6, 6.07) is 18.1. The Labute approximate surface area is 200 Å². The normalized spacial score (nSPS) is 15.0. The second-order valence-electron chi connectivity index (χ2n) is 8.07. The lowest BCUT2D eigenvalue weighted by molar-refractivity contribution is 0.0746. The first-order valence-electron chi connectivity index (χ1n) is 10.7. The molecular weight excluding hydrogens is 457 g/mol. The van der Waals surface area contributed by atoms with Crippen LogP contribution in [-0.2, 0) is 6.42 Å². The molecule has 0 bridgehead atoms. The van der Waals surface area contributed by atoms with Crippen LogP contribution in [0.3, 0.4) is 0 Å². The maximum atomic E-state index is 14.0. The van der Waals surface area contributed by atoms with Crippen molar-refractivity contribution >= 4 is 17.5 Å². The Kier molecular flexibility index (Phi) is 5.71. The molecule has 1 unspecified atom stereocenters. The first kappa shape index (κ1) is 22.0. The number of methoxy groups -OCH3 is 1. The minimum atomic E-state index is -0.506. The molecule has 34 heavy (non-hydrogen) atoms. The number of hydrogen-bond donors (Lipinski definition) is 2. The molecule has 2 heterocycles. The van der Waals surface area contributed by atoms with E-state index in [4.69, 9.17) is 16.3 Å². The SMILES string of the molecule is COc1ccc(CCN2C(=O)c3[nH]nc(-c4cc(F)ccc4O)c3C2c2ccc(Cl)cc2)cc1. The van der Waals surface area contributed by atoms with Crippen LogP contribution in [0.5, 0.6) is 11.5 Å². The monoisotopic (exact) mass is 477 g/mol. The molecule has 1 aliphatic heterocycles. The van der Waals surface area contributed by atoms with Gasteiger partial charge in [-0.25, -0.2) is 4.39 Å². The van der Waals surface area contributed by atoms with Crippen LogP contribution >= 0.6 is 11.6 Å². The fourth-order valence-electron chi connectivity index (χ4n) is 4.36. The number of phenols is 1. The maximum absolute atomic E-state index is 14.0. The number of carbonyl (C=O) groups excluding carboxylic acids is 1. The van der Waals surface area contributed by atoms with Crippen LogP contribution in [0, 0.1) is 5.82 Å². The van der Waals surface area contributed by atoms with Crippen molar-refractivity contribution in [1.29, 1.82) is 0 Å². The van der Waals surface area contributed by atoms with Gasteiger partial charge in [0.2, 0.25) is 0 Å². The van der Waals surface area contributed by atoms with Crippen molar-refractivity contribution in [3.05, 3.63) is 100.0 Å². The third kappa shape index (κ3) is 3.88. The molecule has 1 atom stereocenters. The summed E-state index contributed by atoms with van der Waals surface area (Å²) in [5.41, 5.74) is 3.38. The topological polar surface area (TPSA) is 78.5 Å². The zero-order valence-corrected chi connectivity index (χ0v) is 19.0. The van der Waals surface area contributed by atoms with Crippen molar-refractivity contribution < 1.29 is 19.0 Å². The number of carbonyl (C=O) groups is 1. The number of fused-ring (bicyclic) bond motifs is 1. The number of nitrogens with one attached hydrogen (secondary N) is 1. The van der Waals surface area contributed by atoms with E-state index in [1.54, 1.807) is 24.1 Å². The molecule has 4 aromatic rings. The highest BCUT2D eigenvalue weighted by Gasteiger charge is 2.42. The lowest BCUT2D eigenvalue weighted by Gasteiger charge is -2.26. The minimum Gasteiger partial charge on any atom is -0.507 e. The van der Waals surface area contributed by atoms with Gasteiger partial charge in [0.1, 0.15) is 28.7 Å². The van der Waals surface area contributed by atoms with Gasteiger partial charge in [-0.3, -0.25) is 9.89 Å². The van der Waals surface area contributed by atoms with Gasteiger partial charge in [0.15, 0.2) is 0 Å². The molecular formula is C26H21ClFN3O3. The van der Waals surface area contributed by atoms with E-state index in [2.05, 4.69) is 10.2 Å². The van der Waals surface area contributed by atoms with Crippen LogP contribution in [0.25, 0.3) is 11.3 Å². The third-order valence-corrected chi connectivity index (χ3v) is 6.32. The van der Waals surface area contributed by atoms with E-state index in [0.29, 0.717) is 34.9 Å². The Bertz CT molecular complexity index is 1350. The lowest BCUT2D eigenvalue weighted by atomic mass is 9.95. The molecule has 1 aromatic heterocycles. The van der Waals surface area contributed by atoms with Crippen molar-refractivity contribution in [2.75, 3.05) is 13.7 Å². The van der Waals surface area contributed by atoms with Gasteiger partial charge in [-0.1, -0.05) is 35.9 Å². The number of nitrogens with zero attached hydrogens (tertiary/aromatic N) is 2. The van der Waals surface area contributed by atoms with Crippen LogP contribution in [0.4, 0.5) is 4.39 Å². The molecule has 172 valence electrons. The van der Waals surface area contributed by atoms with Gasteiger partial charge < -0.3 is 14.7 Å². The number of benzene rings is 3. The predicted molar refractivity (Wildman–Crippen MR) is 127 cm³/mol.